The first-order valence-electron chi connectivity index (χ1n) is 6.43. The van der Waals surface area contributed by atoms with Crippen molar-refractivity contribution in [3.63, 3.8) is 0 Å². The maximum absolute atomic E-state index is 13.2. The van der Waals surface area contributed by atoms with Crippen molar-refractivity contribution < 1.29 is 13.2 Å². The van der Waals surface area contributed by atoms with Crippen molar-refractivity contribution >= 4 is 0 Å². The highest BCUT2D eigenvalue weighted by Gasteiger charge is 2.10. The summed E-state index contributed by atoms with van der Waals surface area (Å²) in [6.45, 7) is 0. The maximum Gasteiger partial charge on any atom is 0.126 e. The molecule has 0 amide bonds. The van der Waals surface area contributed by atoms with Crippen LogP contribution in [0.3, 0.4) is 0 Å². The third kappa shape index (κ3) is 4.10. The molecule has 1 nitrogen and oxygen atoms in total. The first-order valence-corrected chi connectivity index (χ1v) is 6.43. The summed E-state index contributed by atoms with van der Waals surface area (Å²) in [6, 6.07) is 9.82. The van der Waals surface area contributed by atoms with E-state index in [4.69, 9.17) is 0 Å². The molecule has 0 bridgehead atoms. The summed E-state index contributed by atoms with van der Waals surface area (Å²) in [6.07, 6.45) is 1.06. The molecule has 106 valence electrons. The lowest BCUT2D eigenvalue weighted by molar-refractivity contribution is 0.541. The Morgan fingerprint density at radius 2 is 1.45 bits per heavy atom. The van der Waals surface area contributed by atoms with E-state index in [0.29, 0.717) is 18.4 Å². The molecule has 20 heavy (non-hydrogen) atoms. The van der Waals surface area contributed by atoms with Crippen molar-refractivity contribution in [3.05, 3.63) is 71.0 Å². The lowest BCUT2D eigenvalue weighted by Gasteiger charge is -2.16. The van der Waals surface area contributed by atoms with E-state index >= 15 is 0 Å². The van der Waals surface area contributed by atoms with Crippen LogP contribution in [0, 0.1) is 17.5 Å². The molecule has 2 aromatic rings. The molecule has 0 fully saturated rings. The minimum Gasteiger partial charge on any atom is -0.316 e. The van der Waals surface area contributed by atoms with Crippen molar-refractivity contribution in [1.29, 1.82) is 0 Å². The van der Waals surface area contributed by atoms with Crippen molar-refractivity contribution in [3.8, 4) is 0 Å². The van der Waals surface area contributed by atoms with E-state index < -0.39 is 11.6 Å². The first-order chi connectivity index (χ1) is 9.56. The molecule has 2 aromatic carbocycles. The summed E-state index contributed by atoms with van der Waals surface area (Å²) in [5.74, 6) is -1.45. The smallest absolute Gasteiger partial charge is 0.126 e. The lowest BCUT2D eigenvalue weighted by atomic mass is 9.99. The van der Waals surface area contributed by atoms with Gasteiger partial charge in [0.1, 0.15) is 17.5 Å². The lowest BCUT2D eigenvalue weighted by Crippen LogP contribution is -2.30. The van der Waals surface area contributed by atoms with Crippen LogP contribution in [0.4, 0.5) is 13.2 Å². The summed E-state index contributed by atoms with van der Waals surface area (Å²) < 4.78 is 39.4. The Kier molecular flexibility index (Phi) is 4.79. The quantitative estimate of drug-likeness (QED) is 0.883. The molecule has 1 unspecified atom stereocenters. The summed E-state index contributed by atoms with van der Waals surface area (Å²) >= 11 is 0. The second kappa shape index (κ2) is 6.57. The predicted octanol–water partition coefficient (Wildman–Crippen LogP) is 3.48. The van der Waals surface area contributed by atoms with E-state index in [1.807, 2.05) is 6.07 Å². The zero-order valence-corrected chi connectivity index (χ0v) is 11.2. The fourth-order valence-corrected chi connectivity index (χ4v) is 2.24. The molecule has 0 saturated carbocycles. The molecule has 0 saturated heterocycles. The van der Waals surface area contributed by atoms with Crippen LogP contribution in [-0.2, 0) is 12.8 Å². The average Bonchev–Trinajstić information content (AvgIpc) is 2.36. The normalized spacial score (nSPS) is 12.4. The average molecular weight is 279 g/mol. The van der Waals surface area contributed by atoms with E-state index in [-0.39, 0.29) is 11.9 Å². The molecule has 0 aliphatic rings. The van der Waals surface area contributed by atoms with Crippen molar-refractivity contribution in [2.24, 2.45) is 0 Å². The zero-order valence-electron chi connectivity index (χ0n) is 11.2. The van der Waals surface area contributed by atoms with Gasteiger partial charge in [0.05, 0.1) is 0 Å². The van der Waals surface area contributed by atoms with E-state index in [2.05, 4.69) is 5.32 Å². The number of nitrogens with one attached hydrogen (secondary N) is 1. The Balaban J connectivity index is 2.09. The molecular formula is C16H16F3N. The number of likely N-dealkylation sites (N-methyl/N-ethyl adjacent to an activating group) is 1. The van der Waals surface area contributed by atoms with Gasteiger partial charge in [-0.2, -0.15) is 0 Å². The van der Waals surface area contributed by atoms with Gasteiger partial charge in [-0.25, -0.2) is 13.2 Å². The third-order valence-corrected chi connectivity index (χ3v) is 3.18. The number of halogens is 3. The topological polar surface area (TPSA) is 12.0 Å². The maximum atomic E-state index is 13.2. The molecule has 0 aliphatic carbocycles. The standard InChI is InChI=1S/C16H16F3N/c1-20-16(8-11-3-2-4-13(17)5-11)9-12-6-14(18)10-15(19)7-12/h2-7,10,16,20H,8-9H2,1H3. The second-order valence-electron chi connectivity index (χ2n) is 4.80. The van der Waals surface area contributed by atoms with Gasteiger partial charge in [-0.1, -0.05) is 12.1 Å². The molecule has 0 aliphatic heterocycles. The van der Waals surface area contributed by atoms with Gasteiger partial charge in [-0.05, 0) is 55.3 Å². The largest absolute Gasteiger partial charge is 0.316 e. The molecule has 1 N–H and O–H groups in total. The van der Waals surface area contributed by atoms with Crippen molar-refractivity contribution in [1.82, 2.24) is 5.32 Å². The van der Waals surface area contributed by atoms with Gasteiger partial charge >= 0.3 is 0 Å². The summed E-state index contributed by atoms with van der Waals surface area (Å²) in [5.41, 5.74) is 1.43. The molecule has 0 spiro atoms. The van der Waals surface area contributed by atoms with Crippen LogP contribution in [0.5, 0.6) is 0 Å². The van der Waals surface area contributed by atoms with Gasteiger partial charge in [-0.3, -0.25) is 0 Å². The highest BCUT2D eigenvalue weighted by Crippen LogP contribution is 2.13. The molecule has 1 atom stereocenters. The van der Waals surface area contributed by atoms with Crippen LogP contribution in [0.2, 0.25) is 0 Å². The van der Waals surface area contributed by atoms with Crippen LogP contribution >= 0.6 is 0 Å². The molecule has 2 rings (SSSR count). The highest BCUT2D eigenvalue weighted by atomic mass is 19.1. The van der Waals surface area contributed by atoms with E-state index in [0.717, 1.165) is 11.6 Å². The van der Waals surface area contributed by atoms with Gasteiger partial charge in [0.25, 0.3) is 0 Å². The summed E-state index contributed by atoms with van der Waals surface area (Å²) in [7, 11) is 1.78. The summed E-state index contributed by atoms with van der Waals surface area (Å²) in [5, 5.41) is 3.09. The van der Waals surface area contributed by atoms with Crippen LogP contribution in [0.1, 0.15) is 11.1 Å². The van der Waals surface area contributed by atoms with E-state index in [1.165, 1.54) is 24.3 Å². The zero-order chi connectivity index (χ0) is 14.5. The predicted molar refractivity (Wildman–Crippen MR) is 73.0 cm³/mol. The number of hydrogen-bond acceptors (Lipinski definition) is 1. The summed E-state index contributed by atoms with van der Waals surface area (Å²) in [4.78, 5) is 0. The molecule has 4 heteroatoms. The third-order valence-electron chi connectivity index (χ3n) is 3.18. The monoisotopic (exact) mass is 279 g/mol. The van der Waals surface area contributed by atoms with E-state index in [1.54, 1.807) is 13.1 Å². The second-order valence-corrected chi connectivity index (χ2v) is 4.80. The Hall–Kier alpha value is -1.81. The van der Waals surface area contributed by atoms with Crippen LogP contribution in [0.15, 0.2) is 42.5 Å². The Bertz CT molecular complexity index is 563. The molecular weight excluding hydrogens is 263 g/mol. The number of benzene rings is 2. The fraction of sp³-hybridized carbons (Fsp3) is 0.250. The SMILES string of the molecule is CNC(Cc1cccc(F)c1)Cc1cc(F)cc(F)c1. The van der Waals surface area contributed by atoms with E-state index in [9.17, 15) is 13.2 Å². The van der Waals surface area contributed by atoms with Crippen LogP contribution in [-0.4, -0.2) is 13.1 Å². The minimum absolute atomic E-state index is 0.0157. The molecule has 0 radical (unpaired) electrons. The Morgan fingerprint density at radius 1 is 0.850 bits per heavy atom. The van der Waals surface area contributed by atoms with Crippen molar-refractivity contribution in [2.45, 2.75) is 18.9 Å². The van der Waals surface area contributed by atoms with Gasteiger partial charge < -0.3 is 5.32 Å². The number of hydrogen-bond donors (Lipinski definition) is 1. The van der Waals surface area contributed by atoms with Crippen molar-refractivity contribution in [2.75, 3.05) is 7.05 Å². The molecule has 0 aromatic heterocycles. The minimum atomic E-state index is -0.583. The number of rotatable bonds is 5. The first kappa shape index (κ1) is 14.6. The Morgan fingerprint density at radius 3 is 2.05 bits per heavy atom. The fourth-order valence-electron chi connectivity index (χ4n) is 2.24. The van der Waals surface area contributed by atoms with Gasteiger partial charge in [0, 0.05) is 12.1 Å². The molecule has 0 heterocycles. The van der Waals surface area contributed by atoms with Gasteiger partial charge in [0.2, 0.25) is 0 Å². The Labute approximate surface area is 116 Å². The van der Waals surface area contributed by atoms with Gasteiger partial charge in [0.15, 0.2) is 0 Å². The van der Waals surface area contributed by atoms with Gasteiger partial charge in [-0.15, -0.1) is 0 Å². The van der Waals surface area contributed by atoms with Crippen LogP contribution < -0.4 is 5.32 Å². The highest BCUT2D eigenvalue weighted by molar-refractivity contribution is 5.21. The van der Waals surface area contributed by atoms with Crippen LogP contribution in [0.25, 0.3) is 0 Å².